The molecule has 0 aromatic carbocycles. The molecule has 1 N–H and O–H groups in total. The number of ether oxygens (including phenoxy) is 1. The molecule has 1 unspecified atom stereocenters. The summed E-state index contributed by atoms with van der Waals surface area (Å²) >= 11 is 0. The van der Waals surface area contributed by atoms with Gasteiger partial charge in [0.25, 0.3) is 5.91 Å². The van der Waals surface area contributed by atoms with Gasteiger partial charge in [-0.2, -0.15) is 0 Å². The van der Waals surface area contributed by atoms with Crippen LogP contribution in [0.5, 0.6) is 0 Å². The molecule has 6 heteroatoms. The molecule has 2 aliphatic rings. The zero-order chi connectivity index (χ0) is 14.7. The average Bonchev–Trinajstić information content (AvgIpc) is 3.08. The minimum absolute atomic E-state index is 0.113. The van der Waals surface area contributed by atoms with E-state index >= 15 is 0 Å². The van der Waals surface area contributed by atoms with Crippen LogP contribution in [-0.2, 0) is 9.53 Å². The maximum atomic E-state index is 12.6. The zero-order valence-electron chi connectivity index (χ0n) is 12.4. The number of carbonyl (C=O) groups is 1. The van der Waals surface area contributed by atoms with Crippen molar-refractivity contribution in [2.75, 3.05) is 32.8 Å². The lowest BCUT2D eigenvalue weighted by molar-refractivity contribution is -0.130. The summed E-state index contributed by atoms with van der Waals surface area (Å²) in [5.41, 5.74) is 0.796. The van der Waals surface area contributed by atoms with E-state index in [1.807, 2.05) is 11.1 Å². The number of hydrogen-bond acceptors (Lipinski definition) is 4. The van der Waals surface area contributed by atoms with Crippen molar-refractivity contribution in [1.82, 2.24) is 19.8 Å². The van der Waals surface area contributed by atoms with E-state index in [2.05, 4.69) is 21.8 Å². The fourth-order valence-corrected chi connectivity index (χ4v) is 3.03. The molecule has 6 nitrogen and oxygen atoms in total. The van der Waals surface area contributed by atoms with Gasteiger partial charge in [-0.05, 0) is 19.4 Å². The fraction of sp³-hybridized carbons (Fsp3) is 0.600. The molecule has 0 aliphatic carbocycles. The molecule has 1 amide bonds. The Bertz CT molecular complexity index is 512. The molecule has 3 rings (SSSR count). The molecule has 1 atom stereocenters. The number of aromatic nitrogens is 2. The van der Waals surface area contributed by atoms with Crippen LogP contribution in [0.15, 0.2) is 24.2 Å². The van der Waals surface area contributed by atoms with Gasteiger partial charge in [0, 0.05) is 32.0 Å². The Morgan fingerprint density at radius 1 is 1.52 bits per heavy atom. The molecule has 0 spiro atoms. The van der Waals surface area contributed by atoms with Crippen LogP contribution in [-0.4, -0.2) is 58.5 Å². The van der Waals surface area contributed by atoms with E-state index in [4.69, 9.17) is 4.74 Å². The van der Waals surface area contributed by atoms with Crippen molar-refractivity contribution in [2.45, 2.75) is 25.8 Å². The third-order valence-electron chi connectivity index (χ3n) is 4.23. The van der Waals surface area contributed by atoms with Crippen molar-refractivity contribution in [3.8, 4) is 0 Å². The first kappa shape index (κ1) is 14.1. The molecule has 21 heavy (non-hydrogen) atoms. The molecule has 1 saturated heterocycles. The Morgan fingerprint density at radius 3 is 3.10 bits per heavy atom. The Hall–Kier alpha value is -1.82. The number of nitrogens with one attached hydrogen (secondary N) is 1. The fourth-order valence-electron chi connectivity index (χ4n) is 3.03. The Kier molecular flexibility index (Phi) is 4.24. The molecular weight excluding hydrogens is 268 g/mol. The number of hydrogen-bond donors (Lipinski definition) is 1. The van der Waals surface area contributed by atoms with Gasteiger partial charge in [0.05, 0.1) is 24.5 Å². The monoisotopic (exact) mass is 290 g/mol. The van der Waals surface area contributed by atoms with Crippen LogP contribution in [0.25, 0.3) is 0 Å². The molecule has 1 aromatic rings. The van der Waals surface area contributed by atoms with Crippen LogP contribution < -0.4 is 0 Å². The van der Waals surface area contributed by atoms with Crippen molar-refractivity contribution >= 4 is 5.91 Å². The van der Waals surface area contributed by atoms with Gasteiger partial charge in [-0.25, -0.2) is 4.98 Å². The predicted octanol–water partition coefficient (Wildman–Crippen LogP) is 1.31. The summed E-state index contributed by atoms with van der Waals surface area (Å²) in [5.74, 6) is 1.05. The van der Waals surface area contributed by atoms with Gasteiger partial charge in [0.1, 0.15) is 5.82 Å². The lowest BCUT2D eigenvalue weighted by atomic mass is 10.1. The molecule has 1 aromatic heterocycles. The van der Waals surface area contributed by atoms with Gasteiger partial charge < -0.3 is 14.6 Å². The first-order valence-corrected chi connectivity index (χ1v) is 7.63. The van der Waals surface area contributed by atoms with Crippen molar-refractivity contribution in [3.05, 3.63) is 30.1 Å². The highest BCUT2D eigenvalue weighted by Gasteiger charge is 2.32. The Labute approximate surface area is 124 Å². The van der Waals surface area contributed by atoms with Crippen molar-refractivity contribution in [1.29, 1.82) is 0 Å². The third kappa shape index (κ3) is 2.95. The second kappa shape index (κ2) is 6.30. The number of aromatic amines is 1. The first-order chi connectivity index (χ1) is 10.3. The van der Waals surface area contributed by atoms with Crippen LogP contribution in [0, 0.1) is 0 Å². The highest BCUT2D eigenvalue weighted by Crippen LogP contribution is 2.24. The second-order valence-electron chi connectivity index (χ2n) is 5.49. The van der Waals surface area contributed by atoms with Gasteiger partial charge in [-0.1, -0.05) is 6.92 Å². The molecule has 114 valence electrons. The van der Waals surface area contributed by atoms with Gasteiger partial charge >= 0.3 is 0 Å². The normalized spacial score (nSPS) is 23.6. The Balaban J connectivity index is 1.73. The second-order valence-corrected chi connectivity index (χ2v) is 5.49. The van der Waals surface area contributed by atoms with Crippen molar-refractivity contribution in [3.63, 3.8) is 0 Å². The van der Waals surface area contributed by atoms with Gasteiger partial charge in [0.15, 0.2) is 0 Å². The van der Waals surface area contributed by atoms with Gasteiger partial charge in [-0.3, -0.25) is 9.69 Å². The smallest absolute Gasteiger partial charge is 0.252 e. The summed E-state index contributed by atoms with van der Waals surface area (Å²) < 4.78 is 5.30. The van der Waals surface area contributed by atoms with E-state index in [0.717, 1.165) is 50.5 Å². The standard InChI is InChI=1S/C15H22N4O2/c1-2-18-7-8-19(10-13(18)14-16-5-6-17-14)15(20)12-4-3-9-21-11-12/h5-6,11,13H,2-4,7-10H2,1H3,(H,16,17). The minimum atomic E-state index is 0.113. The molecule has 0 bridgehead atoms. The number of piperazine rings is 1. The number of H-pyrrole nitrogens is 1. The zero-order valence-corrected chi connectivity index (χ0v) is 12.4. The topological polar surface area (TPSA) is 61.5 Å². The average molecular weight is 290 g/mol. The maximum absolute atomic E-state index is 12.6. The lowest BCUT2D eigenvalue weighted by Crippen LogP contribution is -2.51. The van der Waals surface area contributed by atoms with E-state index in [1.165, 1.54) is 0 Å². The van der Waals surface area contributed by atoms with Crippen LogP contribution >= 0.6 is 0 Å². The number of nitrogens with zero attached hydrogens (tertiary/aromatic N) is 3. The van der Waals surface area contributed by atoms with E-state index in [-0.39, 0.29) is 11.9 Å². The molecule has 3 heterocycles. The molecule has 1 fully saturated rings. The molecule has 0 radical (unpaired) electrons. The quantitative estimate of drug-likeness (QED) is 0.912. The van der Waals surface area contributed by atoms with Crippen LogP contribution in [0.1, 0.15) is 31.6 Å². The summed E-state index contributed by atoms with van der Waals surface area (Å²) in [4.78, 5) is 24.4. The number of likely N-dealkylation sites (N-methyl/N-ethyl adjacent to an activating group) is 1. The summed E-state index contributed by atoms with van der Waals surface area (Å²) in [7, 11) is 0. The summed E-state index contributed by atoms with van der Waals surface area (Å²) in [6.45, 7) is 6.14. The van der Waals surface area contributed by atoms with Gasteiger partial charge in [-0.15, -0.1) is 0 Å². The lowest BCUT2D eigenvalue weighted by Gasteiger charge is -2.40. The van der Waals surface area contributed by atoms with E-state index in [1.54, 1.807) is 12.5 Å². The van der Waals surface area contributed by atoms with Crippen LogP contribution in [0.4, 0.5) is 0 Å². The number of imidazole rings is 1. The van der Waals surface area contributed by atoms with Crippen LogP contribution in [0.2, 0.25) is 0 Å². The first-order valence-electron chi connectivity index (χ1n) is 7.63. The highest BCUT2D eigenvalue weighted by atomic mass is 16.5. The summed E-state index contributed by atoms with van der Waals surface area (Å²) in [6.07, 6.45) is 6.98. The van der Waals surface area contributed by atoms with Gasteiger partial charge in [0.2, 0.25) is 0 Å². The SMILES string of the molecule is CCN1CCN(C(=O)C2=COCCC2)CC1c1ncc[nH]1. The summed E-state index contributed by atoms with van der Waals surface area (Å²) in [6, 6.07) is 0.146. The minimum Gasteiger partial charge on any atom is -0.501 e. The van der Waals surface area contributed by atoms with Crippen molar-refractivity contribution in [2.24, 2.45) is 0 Å². The highest BCUT2D eigenvalue weighted by molar-refractivity contribution is 5.93. The number of rotatable bonds is 3. The predicted molar refractivity (Wildman–Crippen MR) is 78.4 cm³/mol. The Morgan fingerprint density at radius 2 is 2.43 bits per heavy atom. The third-order valence-corrected chi connectivity index (χ3v) is 4.23. The number of amides is 1. The van der Waals surface area contributed by atoms with Crippen molar-refractivity contribution < 1.29 is 9.53 Å². The van der Waals surface area contributed by atoms with E-state index in [0.29, 0.717) is 6.54 Å². The number of carbonyl (C=O) groups excluding carboxylic acids is 1. The summed E-state index contributed by atoms with van der Waals surface area (Å²) in [5, 5.41) is 0. The van der Waals surface area contributed by atoms with E-state index in [9.17, 15) is 4.79 Å². The molecule has 2 aliphatic heterocycles. The largest absolute Gasteiger partial charge is 0.501 e. The molecular formula is C15H22N4O2. The van der Waals surface area contributed by atoms with Crippen LogP contribution in [0.3, 0.4) is 0 Å². The van der Waals surface area contributed by atoms with E-state index < -0.39 is 0 Å². The molecule has 0 saturated carbocycles. The maximum Gasteiger partial charge on any atom is 0.252 e.